The molecule has 0 aliphatic carbocycles. The molecule has 138 valence electrons. The molecule has 0 heterocycles. The van der Waals surface area contributed by atoms with Gasteiger partial charge < -0.3 is 29.5 Å². The maximum absolute atomic E-state index is 9.92. The van der Waals surface area contributed by atoms with E-state index in [-0.39, 0.29) is 19.3 Å². The van der Waals surface area contributed by atoms with Crippen molar-refractivity contribution in [3.8, 4) is 0 Å². The van der Waals surface area contributed by atoms with Crippen LogP contribution in [0.5, 0.6) is 0 Å². The summed E-state index contributed by atoms with van der Waals surface area (Å²) in [7, 11) is 3.32. The number of hydrogen-bond acceptors (Lipinski definition) is 10. The second kappa shape index (κ2) is 18.7. The smallest absolute Gasteiger partial charge is 0.394 e. The summed E-state index contributed by atoms with van der Waals surface area (Å²) >= 11 is 0. The van der Waals surface area contributed by atoms with Gasteiger partial charge in [-0.2, -0.15) is 8.42 Å². The molecule has 0 aliphatic rings. The van der Waals surface area contributed by atoms with E-state index in [9.17, 15) is 8.42 Å². The number of methoxy groups -OCH3 is 3. The van der Waals surface area contributed by atoms with Crippen LogP contribution in [0.4, 0.5) is 0 Å². The predicted molar refractivity (Wildman–Crippen MR) is 77.7 cm³/mol. The first-order chi connectivity index (χ1) is 10.3. The van der Waals surface area contributed by atoms with Crippen LogP contribution in [0.1, 0.15) is 0 Å². The van der Waals surface area contributed by atoms with Gasteiger partial charge in [0.05, 0.1) is 40.6 Å². The van der Waals surface area contributed by atoms with Crippen molar-refractivity contribution in [2.45, 2.75) is 12.2 Å². The van der Waals surface area contributed by atoms with Crippen molar-refractivity contribution in [3.05, 3.63) is 0 Å². The van der Waals surface area contributed by atoms with Gasteiger partial charge in [0, 0.05) is 21.3 Å². The van der Waals surface area contributed by atoms with E-state index in [1.165, 1.54) is 0 Å². The van der Waals surface area contributed by atoms with E-state index in [1.54, 1.807) is 21.3 Å². The third kappa shape index (κ3) is 21.9. The molecule has 0 rings (SSSR count). The zero-order chi connectivity index (χ0) is 18.0. The summed E-state index contributed by atoms with van der Waals surface area (Å²) in [6.07, 6.45) is -0.884. The van der Waals surface area contributed by atoms with Crippen LogP contribution in [0.2, 0.25) is 0 Å². The first-order valence-corrected chi connectivity index (χ1v) is 7.38. The van der Waals surface area contributed by atoms with Crippen LogP contribution >= 0.6 is 0 Å². The summed E-state index contributed by atoms with van der Waals surface area (Å²) in [6, 6.07) is 0. The van der Waals surface area contributed by atoms with E-state index >= 15 is 0 Å². The summed E-state index contributed by atoms with van der Waals surface area (Å²) in [5.41, 5.74) is 0. The predicted octanol–water partition coefficient (Wildman–Crippen LogP) is -1.85. The van der Waals surface area contributed by atoms with Gasteiger partial charge in [-0.3, -0.25) is 8.37 Å². The Kier molecular flexibility index (Phi) is 22.5. The molecular weight excluding hydrogens is 324 g/mol. The quantitative estimate of drug-likeness (QED) is 0.433. The topological polar surface area (TPSA) is 141 Å². The van der Waals surface area contributed by atoms with Crippen molar-refractivity contribution in [1.82, 2.24) is 0 Å². The molecule has 22 heavy (non-hydrogen) atoms. The molecule has 10 nitrogen and oxygen atoms in total. The minimum Gasteiger partial charge on any atom is -0.394 e. The number of rotatable bonds is 9. The second-order valence-electron chi connectivity index (χ2n) is 3.53. The highest BCUT2D eigenvalue weighted by Gasteiger charge is 2.03. The van der Waals surface area contributed by atoms with Crippen LogP contribution in [-0.2, 0) is 33.0 Å². The maximum Gasteiger partial charge on any atom is 0.399 e. The summed E-state index contributed by atoms with van der Waals surface area (Å²) < 4.78 is 42.2. The minimum atomic E-state index is -3.66. The molecule has 0 fully saturated rings. The number of ether oxygens (including phenoxy) is 3. The molecule has 0 aromatic rings. The Bertz CT molecular complexity index is 275. The van der Waals surface area contributed by atoms with Crippen molar-refractivity contribution in [1.29, 1.82) is 0 Å². The molecule has 11 heteroatoms. The van der Waals surface area contributed by atoms with Crippen LogP contribution in [0.15, 0.2) is 0 Å². The van der Waals surface area contributed by atoms with Gasteiger partial charge in [-0.1, -0.05) is 0 Å². The molecule has 0 aromatic heterocycles. The molecule has 0 aromatic carbocycles. The van der Waals surface area contributed by atoms with E-state index in [1.807, 2.05) is 0 Å². The van der Waals surface area contributed by atoms with E-state index in [0.717, 1.165) is 14.2 Å². The van der Waals surface area contributed by atoms with Crippen LogP contribution in [0.3, 0.4) is 0 Å². The second-order valence-corrected chi connectivity index (χ2v) is 5.01. The highest BCUT2D eigenvalue weighted by atomic mass is 32.3. The van der Waals surface area contributed by atoms with Crippen LogP contribution in [0, 0.1) is 0 Å². The molecule has 0 saturated heterocycles. The number of aliphatic hydroxyl groups is 3. The van der Waals surface area contributed by atoms with Crippen molar-refractivity contribution in [2.24, 2.45) is 0 Å². The van der Waals surface area contributed by atoms with E-state index in [2.05, 4.69) is 8.37 Å². The Balaban J connectivity index is -0.000000252. The first-order valence-electron chi connectivity index (χ1n) is 6.04. The maximum atomic E-state index is 9.92. The largest absolute Gasteiger partial charge is 0.399 e. The summed E-state index contributed by atoms with van der Waals surface area (Å²) in [4.78, 5) is 0. The molecule has 0 bridgehead atoms. The van der Waals surface area contributed by atoms with Crippen molar-refractivity contribution in [3.63, 3.8) is 0 Å². The zero-order valence-electron chi connectivity index (χ0n) is 13.6. The van der Waals surface area contributed by atoms with Crippen LogP contribution in [-0.4, -0.2) is 97.9 Å². The van der Waals surface area contributed by atoms with Gasteiger partial charge in [-0.15, -0.1) is 0 Å². The molecule has 0 saturated carbocycles. The Morgan fingerprint density at radius 1 is 0.864 bits per heavy atom. The van der Waals surface area contributed by atoms with Gasteiger partial charge in [0.2, 0.25) is 0 Å². The molecule has 0 atom stereocenters. The van der Waals surface area contributed by atoms with Gasteiger partial charge in [0.15, 0.2) is 0 Å². The third-order valence-corrected chi connectivity index (χ3v) is 2.68. The van der Waals surface area contributed by atoms with E-state index in [4.69, 9.17) is 29.5 Å². The SMILES string of the molecule is COCC(COC)OC.COS(=O)(=O)OC.OCC(O)CO. The highest BCUT2D eigenvalue weighted by Crippen LogP contribution is 1.89. The van der Waals surface area contributed by atoms with Gasteiger partial charge in [0.25, 0.3) is 0 Å². The fraction of sp³-hybridized carbons (Fsp3) is 1.00. The monoisotopic (exact) mass is 352 g/mol. The van der Waals surface area contributed by atoms with Crippen molar-refractivity contribution in [2.75, 3.05) is 62.0 Å². The van der Waals surface area contributed by atoms with Gasteiger partial charge in [0.1, 0.15) is 12.2 Å². The minimum absolute atomic E-state index is 0.0694. The normalized spacial score (nSPS) is 10.8. The molecule has 0 spiro atoms. The lowest BCUT2D eigenvalue weighted by atomic mass is 10.4. The molecule has 3 N–H and O–H groups in total. The molecule has 0 radical (unpaired) electrons. The van der Waals surface area contributed by atoms with Crippen molar-refractivity contribution < 1.29 is 46.3 Å². The standard InChI is InChI=1S/C6H14O3.C3H8O3.C2H6O4S/c1-7-4-6(9-3)5-8-2;4-1-3(6)2-5;1-5-7(3,4)6-2/h6H,4-5H2,1-3H3;3-6H,1-2H2;1-2H3. The summed E-state index contributed by atoms with van der Waals surface area (Å²) in [5, 5.41) is 24.0. The Labute approximate surface area is 131 Å². The first kappa shape index (κ1) is 26.5. The number of aliphatic hydroxyl groups excluding tert-OH is 3. The fourth-order valence-corrected chi connectivity index (χ4v) is 0.818. The Morgan fingerprint density at radius 2 is 1.23 bits per heavy atom. The van der Waals surface area contributed by atoms with Crippen LogP contribution < -0.4 is 0 Å². The highest BCUT2D eigenvalue weighted by molar-refractivity contribution is 7.81. The lowest BCUT2D eigenvalue weighted by molar-refractivity contribution is -0.0178. The van der Waals surface area contributed by atoms with Crippen molar-refractivity contribution >= 4 is 10.4 Å². The van der Waals surface area contributed by atoms with Gasteiger partial charge in [-0.25, -0.2) is 0 Å². The zero-order valence-corrected chi connectivity index (χ0v) is 14.4. The Morgan fingerprint density at radius 3 is 1.32 bits per heavy atom. The molecule has 0 aliphatic heterocycles. The molecular formula is C11H28O10S. The van der Waals surface area contributed by atoms with E-state index < -0.39 is 16.5 Å². The Hall–Kier alpha value is -0.370. The lowest BCUT2D eigenvalue weighted by Gasteiger charge is -2.11. The fourth-order valence-electron chi connectivity index (χ4n) is 0.682. The van der Waals surface area contributed by atoms with Gasteiger partial charge in [-0.05, 0) is 0 Å². The van der Waals surface area contributed by atoms with Gasteiger partial charge >= 0.3 is 10.4 Å². The average molecular weight is 352 g/mol. The summed E-state index contributed by atoms with van der Waals surface area (Å²) in [5.74, 6) is 0. The summed E-state index contributed by atoms with van der Waals surface area (Å²) in [6.45, 7) is 0.446. The van der Waals surface area contributed by atoms with Crippen LogP contribution in [0.25, 0.3) is 0 Å². The number of hydrogen-bond donors (Lipinski definition) is 3. The van der Waals surface area contributed by atoms with E-state index in [0.29, 0.717) is 13.2 Å². The third-order valence-electron chi connectivity index (χ3n) is 1.87. The molecule has 0 amide bonds. The average Bonchev–Trinajstić information content (AvgIpc) is 2.54. The lowest BCUT2D eigenvalue weighted by Crippen LogP contribution is -2.22. The molecule has 0 unspecified atom stereocenters.